The Hall–Kier alpha value is -1.31. The normalized spacial score (nSPS) is 28.0. The van der Waals surface area contributed by atoms with Gasteiger partial charge in [0.25, 0.3) is 0 Å². The van der Waals surface area contributed by atoms with Crippen molar-refractivity contribution in [1.29, 1.82) is 0 Å². The number of hydrogen-bond donors (Lipinski definition) is 0. The van der Waals surface area contributed by atoms with Crippen molar-refractivity contribution in [3.05, 3.63) is 29.3 Å². The van der Waals surface area contributed by atoms with E-state index >= 15 is 0 Å². The molecule has 0 amide bonds. The van der Waals surface area contributed by atoms with Crippen LogP contribution in [0.3, 0.4) is 0 Å². The molecule has 3 rings (SSSR count). The predicted molar refractivity (Wildman–Crippen MR) is 52.6 cm³/mol. The number of aldehydes is 1. The van der Waals surface area contributed by atoms with E-state index in [0.29, 0.717) is 5.92 Å². The summed E-state index contributed by atoms with van der Waals surface area (Å²) < 4.78 is 5.50. The van der Waals surface area contributed by atoms with Gasteiger partial charge in [-0.2, -0.15) is 0 Å². The lowest BCUT2D eigenvalue weighted by Gasteiger charge is -2.04. The van der Waals surface area contributed by atoms with Gasteiger partial charge in [-0.05, 0) is 24.0 Å². The van der Waals surface area contributed by atoms with Crippen molar-refractivity contribution in [3.63, 3.8) is 0 Å². The van der Waals surface area contributed by atoms with Gasteiger partial charge in [-0.25, -0.2) is 0 Å². The first-order valence-electron chi connectivity index (χ1n) is 5.10. The fourth-order valence-electron chi connectivity index (χ4n) is 2.32. The zero-order chi connectivity index (χ0) is 9.54. The van der Waals surface area contributed by atoms with E-state index in [9.17, 15) is 4.79 Å². The van der Waals surface area contributed by atoms with Crippen LogP contribution in [0.25, 0.3) is 0 Å². The molecule has 0 spiro atoms. The third kappa shape index (κ3) is 1.07. The van der Waals surface area contributed by atoms with Gasteiger partial charge < -0.3 is 9.53 Å². The highest BCUT2D eigenvalue weighted by atomic mass is 16.5. The van der Waals surface area contributed by atoms with Crippen LogP contribution >= 0.6 is 0 Å². The Labute approximate surface area is 82.9 Å². The van der Waals surface area contributed by atoms with E-state index in [1.54, 1.807) is 0 Å². The number of fused-ring (bicyclic) bond motifs is 1. The molecule has 14 heavy (non-hydrogen) atoms. The SMILES string of the molecule is O=C[C@@H]1C[C@H]1c1cccc2c1CCO2. The molecule has 1 aliphatic carbocycles. The molecular weight excluding hydrogens is 176 g/mol. The van der Waals surface area contributed by atoms with Crippen LogP contribution in [0, 0.1) is 5.92 Å². The van der Waals surface area contributed by atoms with Gasteiger partial charge >= 0.3 is 0 Å². The Kier molecular flexibility index (Phi) is 1.63. The maximum Gasteiger partial charge on any atom is 0.123 e. The van der Waals surface area contributed by atoms with Crippen LogP contribution in [-0.4, -0.2) is 12.9 Å². The van der Waals surface area contributed by atoms with Gasteiger partial charge in [0.05, 0.1) is 6.61 Å². The summed E-state index contributed by atoms with van der Waals surface area (Å²) in [7, 11) is 0. The fraction of sp³-hybridized carbons (Fsp3) is 0.417. The molecule has 2 aliphatic rings. The molecule has 2 atom stereocenters. The van der Waals surface area contributed by atoms with Crippen molar-refractivity contribution in [2.75, 3.05) is 6.61 Å². The Balaban J connectivity index is 1.99. The first-order valence-corrected chi connectivity index (χ1v) is 5.10. The van der Waals surface area contributed by atoms with Gasteiger partial charge in [-0.15, -0.1) is 0 Å². The summed E-state index contributed by atoms with van der Waals surface area (Å²) in [4.78, 5) is 10.6. The van der Waals surface area contributed by atoms with Gasteiger partial charge in [0.1, 0.15) is 12.0 Å². The highest BCUT2D eigenvalue weighted by Crippen LogP contribution is 2.49. The molecule has 72 valence electrons. The Morgan fingerprint density at radius 1 is 1.43 bits per heavy atom. The molecule has 0 saturated heterocycles. The van der Waals surface area contributed by atoms with Crippen LogP contribution in [0.4, 0.5) is 0 Å². The Morgan fingerprint density at radius 2 is 2.36 bits per heavy atom. The molecule has 0 bridgehead atoms. The number of carbonyl (C=O) groups is 1. The zero-order valence-electron chi connectivity index (χ0n) is 7.90. The summed E-state index contributed by atoms with van der Waals surface area (Å²) in [5, 5.41) is 0. The standard InChI is InChI=1S/C12H12O2/c13-7-8-6-11(8)9-2-1-3-12-10(9)4-5-14-12/h1-3,7-8,11H,4-6H2/t8-,11+/m0/s1. The van der Waals surface area contributed by atoms with Gasteiger partial charge in [-0.1, -0.05) is 12.1 Å². The van der Waals surface area contributed by atoms with E-state index in [1.807, 2.05) is 12.1 Å². The summed E-state index contributed by atoms with van der Waals surface area (Å²) in [5.41, 5.74) is 2.68. The lowest BCUT2D eigenvalue weighted by Crippen LogP contribution is -1.91. The second-order valence-corrected chi connectivity index (χ2v) is 4.06. The third-order valence-corrected chi connectivity index (χ3v) is 3.19. The Morgan fingerprint density at radius 3 is 3.14 bits per heavy atom. The summed E-state index contributed by atoms with van der Waals surface area (Å²) in [6.45, 7) is 0.796. The molecule has 2 heteroatoms. The van der Waals surface area contributed by atoms with Crippen molar-refractivity contribution in [1.82, 2.24) is 0 Å². The average molecular weight is 188 g/mol. The lowest BCUT2D eigenvalue weighted by molar-refractivity contribution is -0.108. The molecule has 0 aromatic heterocycles. The van der Waals surface area contributed by atoms with E-state index in [-0.39, 0.29) is 5.92 Å². The molecular formula is C12H12O2. The molecule has 1 aliphatic heterocycles. The molecule has 0 radical (unpaired) electrons. The van der Waals surface area contributed by atoms with Crippen molar-refractivity contribution in [3.8, 4) is 5.75 Å². The predicted octanol–water partition coefficient (Wildman–Crippen LogP) is 1.92. The van der Waals surface area contributed by atoms with Crippen molar-refractivity contribution in [2.45, 2.75) is 18.8 Å². The van der Waals surface area contributed by atoms with Gasteiger partial charge in [-0.3, -0.25) is 0 Å². The number of benzene rings is 1. The minimum atomic E-state index is 0.266. The highest BCUT2D eigenvalue weighted by molar-refractivity contribution is 5.62. The van der Waals surface area contributed by atoms with Crippen molar-refractivity contribution >= 4 is 6.29 Å². The summed E-state index contributed by atoms with van der Waals surface area (Å²) in [6.07, 6.45) is 3.12. The first-order chi connectivity index (χ1) is 6.90. The highest BCUT2D eigenvalue weighted by Gasteiger charge is 2.40. The molecule has 2 nitrogen and oxygen atoms in total. The quantitative estimate of drug-likeness (QED) is 0.663. The van der Waals surface area contributed by atoms with Gasteiger partial charge in [0.15, 0.2) is 0 Å². The van der Waals surface area contributed by atoms with Gasteiger partial charge in [0.2, 0.25) is 0 Å². The van der Waals surface area contributed by atoms with E-state index in [2.05, 4.69) is 6.07 Å². The van der Waals surface area contributed by atoms with Crippen LogP contribution in [0.15, 0.2) is 18.2 Å². The van der Waals surface area contributed by atoms with Gasteiger partial charge in [0, 0.05) is 17.9 Å². The number of rotatable bonds is 2. The van der Waals surface area contributed by atoms with Crippen molar-refractivity contribution in [2.24, 2.45) is 5.92 Å². The monoisotopic (exact) mass is 188 g/mol. The fourth-order valence-corrected chi connectivity index (χ4v) is 2.32. The summed E-state index contributed by atoms with van der Waals surface area (Å²) in [6, 6.07) is 6.19. The minimum absolute atomic E-state index is 0.266. The lowest BCUT2D eigenvalue weighted by atomic mass is 10.0. The maximum absolute atomic E-state index is 10.6. The van der Waals surface area contributed by atoms with E-state index < -0.39 is 0 Å². The van der Waals surface area contributed by atoms with E-state index in [1.165, 1.54) is 11.1 Å². The second-order valence-electron chi connectivity index (χ2n) is 4.06. The maximum atomic E-state index is 10.6. The molecule has 0 N–H and O–H groups in total. The average Bonchev–Trinajstić information content (AvgIpc) is 2.85. The molecule has 1 heterocycles. The topological polar surface area (TPSA) is 26.3 Å². The largest absolute Gasteiger partial charge is 0.493 e. The third-order valence-electron chi connectivity index (χ3n) is 3.19. The molecule has 0 unspecified atom stereocenters. The van der Waals surface area contributed by atoms with Crippen LogP contribution in [0.2, 0.25) is 0 Å². The van der Waals surface area contributed by atoms with Crippen LogP contribution < -0.4 is 4.74 Å². The van der Waals surface area contributed by atoms with Crippen molar-refractivity contribution < 1.29 is 9.53 Å². The summed E-state index contributed by atoms with van der Waals surface area (Å²) in [5.74, 6) is 1.77. The number of carbonyl (C=O) groups excluding carboxylic acids is 1. The zero-order valence-corrected chi connectivity index (χ0v) is 7.90. The number of hydrogen-bond acceptors (Lipinski definition) is 2. The molecule has 1 fully saturated rings. The van der Waals surface area contributed by atoms with E-state index in [4.69, 9.17) is 4.74 Å². The second kappa shape index (κ2) is 2.84. The van der Waals surface area contributed by atoms with Crippen LogP contribution in [-0.2, 0) is 11.2 Å². The smallest absolute Gasteiger partial charge is 0.123 e. The minimum Gasteiger partial charge on any atom is -0.493 e. The molecule has 1 saturated carbocycles. The first kappa shape index (κ1) is 8.04. The van der Waals surface area contributed by atoms with Crippen LogP contribution in [0.1, 0.15) is 23.5 Å². The molecule has 1 aromatic rings. The van der Waals surface area contributed by atoms with E-state index in [0.717, 1.165) is 31.5 Å². The summed E-state index contributed by atoms with van der Waals surface area (Å²) >= 11 is 0. The van der Waals surface area contributed by atoms with Crippen LogP contribution in [0.5, 0.6) is 5.75 Å². The molecule has 1 aromatic carbocycles. The Bertz CT molecular complexity index is 384. The number of ether oxygens (including phenoxy) is 1.